The van der Waals surface area contributed by atoms with Crippen LogP contribution in [0.2, 0.25) is 0 Å². The van der Waals surface area contributed by atoms with Gasteiger partial charge in [0.1, 0.15) is 0 Å². The van der Waals surface area contributed by atoms with Gasteiger partial charge in [-0.1, -0.05) is 328 Å². The number of unbranched alkanes of at least 4 members (excludes halogenated alkanes) is 49. The van der Waals surface area contributed by atoms with Crippen LogP contribution in [-0.2, 0) is 14.3 Å². The first-order valence-electron chi connectivity index (χ1n) is 32.0. The third-order valence-electron chi connectivity index (χ3n) is 15.1. The van der Waals surface area contributed by atoms with E-state index in [1.807, 2.05) is 6.08 Å². The van der Waals surface area contributed by atoms with Crippen molar-refractivity contribution in [2.75, 3.05) is 13.2 Å². The molecule has 6 nitrogen and oxygen atoms in total. The highest BCUT2D eigenvalue weighted by atomic mass is 16.5. The summed E-state index contributed by atoms with van der Waals surface area (Å²) in [6.07, 6.45) is 72.7. The Labute approximate surface area is 438 Å². The van der Waals surface area contributed by atoms with Gasteiger partial charge in [-0.3, -0.25) is 9.59 Å². The third-order valence-corrected chi connectivity index (χ3v) is 15.1. The van der Waals surface area contributed by atoms with Gasteiger partial charge in [0.25, 0.3) is 0 Å². The van der Waals surface area contributed by atoms with Crippen LogP contribution in [0.1, 0.15) is 361 Å². The average molecular weight is 989 g/mol. The lowest BCUT2D eigenvalue weighted by atomic mass is 10.0. The highest BCUT2D eigenvalue weighted by Gasteiger charge is 2.18. The molecule has 0 aliphatic carbocycles. The van der Waals surface area contributed by atoms with Crippen molar-refractivity contribution in [3.05, 3.63) is 12.2 Å². The Hall–Kier alpha value is -1.40. The van der Waals surface area contributed by atoms with Crippen molar-refractivity contribution in [1.29, 1.82) is 0 Å². The standard InChI is InChI=1S/C64H125NO5/c1-3-5-7-9-11-13-15-16-34-38-42-46-50-54-58-64(69)70-59-55-51-47-43-39-35-32-30-28-26-24-22-20-18-17-19-21-23-25-27-29-31-33-37-41-45-49-53-57-63(68)65-61(60-66)62(67)56-52-48-44-40-36-14-12-10-8-6-4-2/h52,56,61-62,66-67H,3-51,53-55,57-60H2,1-2H3,(H,65,68)/b56-52+. The van der Waals surface area contributed by atoms with Crippen molar-refractivity contribution in [2.45, 2.75) is 373 Å². The molecule has 0 radical (unpaired) electrons. The fourth-order valence-corrected chi connectivity index (χ4v) is 10.2. The molecule has 0 saturated heterocycles. The molecule has 0 saturated carbocycles. The van der Waals surface area contributed by atoms with E-state index in [9.17, 15) is 19.8 Å². The second kappa shape index (κ2) is 60.2. The zero-order chi connectivity index (χ0) is 50.7. The highest BCUT2D eigenvalue weighted by Crippen LogP contribution is 2.18. The summed E-state index contributed by atoms with van der Waals surface area (Å²) in [4.78, 5) is 24.5. The molecule has 3 N–H and O–H groups in total. The van der Waals surface area contributed by atoms with E-state index in [4.69, 9.17) is 4.74 Å². The number of aliphatic hydroxyl groups excluding tert-OH is 2. The van der Waals surface area contributed by atoms with Crippen LogP contribution in [0.15, 0.2) is 12.2 Å². The monoisotopic (exact) mass is 988 g/mol. The van der Waals surface area contributed by atoms with Gasteiger partial charge in [-0.05, 0) is 32.1 Å². The number of hydrogen-bond donors (Lipinski definition) is 3. The van der Waals surface area contributed by atoms with Crippen LogP contribution in [0.5, 0.6) is 0 Å². The van der Waals surface area contributed by atoms with Crippen molar-refractivity contribution in [3.63, 3.8) is 0 Å². The van der Waals surface area contributed by atoms with Gasteiger partial charge in [0.2, 0.25) is 5.91 Å². The van der Waals surface area contributed by atoms with Gasteiger partial charge >= 0.3 is 5.97 Å². The number of ether oxygens (including phenoxy) is 1. The number of allylic oxidation sites excluding steroid dienone is 1. The largest absolute Gasteiger partial charge is 0.466 e. The number of amides is 1. The zero-order valence-corrected chi connectivity index (χ0v) is 47.5. The molecule has 0 aromatic heterocycles. The molecule has 0 rings (SSSR count). The second-order valence-electron chi connectivity index (χ2n) is 22.1. The lowest BCUT2D eigenvalue weighted by Gasteiger charge is -2.20. The first-order valence-corrected chi connectivity index (χ1v) is 32.0. The molecule has 0 fully saturated rings. The van der Waals surface area contributed by atoms with Gasteiger partial charge < -0.3 is 20.3 Å². The Morgan fingerprint density at radius 3 is 0.971 bits per heavy atom. The summed E-state index contributed by atoms with van der Waals surface area (Å²) in [7, 11) is 0. The fourth-order valence-electron chi connectivity index (χ4n) is 10.2. The molecule has 70 heavy (non-hydrogen) atoms. The van der Waals surface area contributed by atoms with E-state index in [1.54, 1.807) is 6.08 Å². The summed E-state index contributed by atoms with van der Waals surface area (Å²) in [5, 5.41) is 23.0. The predicted molar refractivity (Wildman–Crippen MR) is 306 cm³/mol. The van der Waals surface area contributed by atoms with Crippen LogP contribution < -0.4 is 5.32 Å². The highest BCUT2D eigenvalue weighted by molar-refractivity contribution is 5.76. The molecular weight excluding hydrogens is 863 g/mol. The minimum absolute atomic E-state index is 0.0212. The maximum atomic E-state index is 12.4. The van der Waals surface area contributed by atoms with Gasteiger partial charge in [-0.15, -0.1) is 0 Å². The SMILES string of the molecule is CCCCCCCCCCC/C=C/C(O)C(CO)NC(=O)CCCCCCCCCCCCCCCCCCCCCCCCCCCCCCOC(=O)CCCCCCCCCCCCCCCC. The van der Waals surface area contributed by atoms with Crippen molar-refractivity contribution in [2.24, 2.45) is 0 Å². The van der Waals surface area contributed by atoms with Crippen molar-refractivity contribution in [1.82, 2.24) is 5.32 Å². The maximum Gasteiger partial charge on any atom is 0.305 e. The number of esters is 1. The van der Waals surface area contributed by atoms with E-state index in [0.717, 1.165) is 38.5 Å². The summed E-state index contributed by atoms with van der Waals surface area (Å²) in [6, 6.07) is -0.623. The first kappa shape index (κ1) is 68.6. The van der Waals surface area contributed by atoms with Crippen LogP contribution in [0.25, 0.3) is 0 Å². The van der Waals surface area contributed by atoms with Crippen LogP contribution in [0.3, 0.4) is 0 Å². The molecule has 0 heterocycles. The van der Waals surface area contributed by atoms with E-state index in [-0.39, 0.29) is 18.5 Å². The van der Waals surface area contributed by atoms with Crippen molar-refractivity contribution >= 4 is 11.9 Å². The summed E-state index contributed by atoms with van der Waals surface area (Å²) in [5.41, 5.74) is 0. The lowest BCUT2D eigenvalue weighted by Crippen LogP contribution is -2.45. The molecule has 0 aliphatic heterocycles. The van der Waals surface area contributed by atoms with Crippen molar-refractivity contribution < 1.29 is 24.5 Å². The van der Waals surface area contributed by atoms with E-state index in [2.05, 4.69) is 19.2 Å². The fraction of sp³-hybridized carbons (Fsp3) is 0.938. The average Bonchev–Trinajstić information content (AvgIpc) is 3.36. The van der Waals surface area contributed by atoms with Crippen LogP contribution in [0.4, 0.5) is 0 Å². The Morgan fingerprint density at radius 1 is 0.386 bits per heavy atom. The molecule has 2 unspecified atom stereocenters. The summed E-state index contributed by atoms with van der Waals surface area (Å²) < 4.78 is 5.49. The molecular formula is C64H125NO5. The normalized spacial score (nSPS) is 12.6. The lowest BCUT2D eigenvalue weighted by molar-refractivity contribution is -0.143. The Morgan fingerprint density at radius 2 is 0.657 bits per heavy atom. The molecule has 1 amide bonds. The molecule has 2 atom stereocenters. The van der Waals surface area contributed by atoms with Gasteiger partial charge in [0.05, 0.1) is 25.4 Å². The molecule has 0 aromatic rings. The third kappa shape index (κ3) is 55.9. The number of aliphatic hydroxyl groups is 2. The quantitative estimate of drug-likeness (QED) is 0.0321. The number of hydrogen-bond acceptors (Lipinski definition) is 5. The van der Waals surface area contributed by atoms with Gasteiger partial charge in [-0.2, -0.15) is 0 Å². The van der Waals surface area contributed by atoms with Crippen LogP contribution in [0, 0.1) is 0 Å². The topological polar surface area (TPSA) is 95.9 Å². The number of carbonyl (C=O) groups excluding carboxylic acids is 2. The number of nitrogens with one attached hydrogen (secondary N) is 1. The molecule has 0 spiro atoms. The van der Waals surface area contributed by atoms with Crippen molar-refractivity contribution in [3.8, 4) is 0 Å². The predicted octanol–water partition coefficient (Wildman–Crippen LogP) is 20.0. The Kier molecular flexibility index (Phi) is 59.0. The molecule has 416 valence electrons. The summed E-state index contributed by atoms with van der Waals surface area (Å²) >= 11 is 0. The molecule has 0 aliphatic rings. The Bertz CT molecular complexity index is 1050. The molecule has 0 aromatic carbocycles. The molecule has 0 bridgehead atoms. The number of rotatable bonds is 60. The minimum atomic E-state index is -0.840. The van der Waals surface area contributed by atoms with Crippen LogP contribution >= 0.6 is 0 Å². The van der Waals surface area contributed by atoms with E-state index in [0.29, 0.717) is 19.4 Å². The smallest absolute Gasteiger partial charge is 0.305 e. The maximum absolute atomic E-state index is 12.4. The van der Waals surface area contributed by atoms with Gasteiger partial charge in [0.15, 0.2) is 0 Å². The van der Waals surface area contributed by atoms with E-state index in [1.165, 1.54) is 295 Å². The minimum Gasteiger partial charge on any atom is -0.466 e. The summed E-state index contributed by atoms with van der Waals surface area (Å²) in [5.74, 6) is -0.0432. The van der Waals surface area contributed by atoms with Crippen LogP contribution in [-0.4, -0.2) is 47.4 Å². The Balaban J connectivity index is 3.32. The van der Waals surface area contributed by atoms with Gasteiger partial charge in [0, 0.05) is 12.8 Å². The zero-order valence-electron chi connectivity index (χ0n) is 47.5. The summed E-state index contributed by atoms with van der Waals surface area (Å²) in [6.45, 7) is 4.92. The van der Waals surface area contributed by atoms with Gasteiger partial charge in [-0.25, -0.2) is 0 Å². The second-order valence-corrected chi connectivity index (χ2v) is 22.1. The first-order chi connectivity index (χ1) is 34.5. The molecule has 6 heteroatoms. The van der Waals surface area contributed by atoms with E-state index >= 15 is 0 Å². The van der Waals surface area contributed by atoms with E-state index < -0.39 is 12.1 Å². The number of carbonyl (C=O) groups is 2.